The molecule has 6 amide bonds. The Morgan fingerprint density at radius 2 is 0.941 bits per heavy atom. The van der Waals surface area contributed by atoms with Gasteiger partial charge in [0.1, 0.15) is 17.1 Å². The lowest BCUT2D eigenvalue weighted by atomic mass is 10.1. The molecule has 0 aliphatic carbocycles. The molecule has 68 heavy (non-hydrogen) atoms. The minimum atomic E-state index is -0.109. The molecular weight excluding hydrogens is 861 g/mol. The SMILES string of the molecule is CCCc1ccc2c(c1)cc1n2C(CC(=O)N(C)CC)CNC1=O.CCCc1ccc2c(c1)cc1n2C(CC(=O)NC)CNC1=O.CCN(C)C(=O)CC1CNC(=O)c2cc3cc(N)ccc3n21. The largest absolute Gasteiger partial charge is 0.399 e. The predicted octanol–water partition coefficient (Wildman–Crippen LogP) is 6.14. The fraction of sp³-hybridized carbons (Fsp3) is 0.423. The van der Waals surface area contributed by atoms with Crippen molar-refractivity contribution in [1.82, 2.24) is 44.8 Å². The normalized spacial score (nSPS) is 17.0. The summed E-state index contributed by atoms with van der Waals surface area (Å²) in [7, 11) is 5.24. The average molecular weight is 927 g/mol. The van der Waals surface area contributed by atoms with Crippen molar-refractivity contribution in [2.75, 3.05) is 59.6 Å². The maximum atomic E-state index is 12.3. The van der Waals surface area contributed by atoms with Crippen LogP contribution in [-0.4, -0.2) is 113 Å². The minimum Gasteiger partial charge on any atom is -0.399 e. The molecule has 16 heteroatoms. The van der Waals surface area contributed by atoms with Crippen LogP contribution in [0.25, 0.3) is 32.7 Å². The smallest absolute Gasteiger partial charge is 0.268 e. The van der Waals surface area contributed by atoms with E-state index in [0.29, 0.717) is 74.8 Å². The second-order valence-electron chi connectivity index (χ2n) is 18.0. The van der Waals surface area contributed by atoms with Crippen molar-refractivity contribution in [1.29, 1.82) is 0 Å². The second-order valence-corrected chi connectivity index (χ2v) is 18.0. The number of rotatable bonds is 12. The maximum Gasteiger partial charge on any atom is 0.268 e. The fourth-order valence-electron chi connectivity index (χ4n) is 9.47. The van der Waals surface area contributed by atoms with E-state index in [4.69, 9.17) is 5.73 Å². The number of aryl methyl sites for hydroxylation is 2. The molecule has 0 spiro atoms. The number of nitrogens with zero attached hydrogens (tertiary/aromatic N) is 5. The number of benzene rings is 3. The Bertz CT molecular complexity index is 2870. The molecule has 0 fully saturated rings. The Morgan fingerprint density at radius 3 is 1.31 bits per heavy atom. The third-order valence-corrected chi connectivity index (χ3v) is 13.4. The monoisotopic (exact) mass is 927 g/mol. The summed E-state index contributed by atoms with van der Waals surface area (Å²) < 4.78 is 6.03. The van der Waals surface area contributed by atoms with E-state index in [1.165, 1.54) is 11.1 Å². The first-order chi connectivity index (χ1) is 32.7. The number of hydrogen-bond acceptors (Lipinski definition) is 7. The van der Waals surface area contributed by atoms with Crippen molar-refractivity contribution in [2.24, 2.45) is 0 Å². The van der Waals surface area contributed by atoms with Gasteiger partial charge in [-0.05, 0) is 98.5 Å². The number of carbonyl (C=O) groups excluding carboxylic acids is 6. The molecule has 16 nitrogen and oxygen atoms in total. The van der Waals surface area contributed by atoms with E-state index >= 15 is 0 Å². The number of fused-ring (bicyclic) bond motifs is 9. The van der Waals surface area contributed by atoms with Crippen LogP contribution in [0.3, 0.4) is 0 Å². The summed E-state index contributed by atoms with van der Waals surface area (Å²) >= 11 is 0. The van der Waals surface area contributed by atoms with E-state index in [9.17, 15) is 28.8 Å². The molecule has 360 valence electrons. The molecule has 0 saturated carbocycles. The number of nitrogens with two attached hydrogens (primary N) is 1. The van der Waals surface area contributed by atoms with E-state index < -0.39 is 0 Å². The Kier molecular flexibility index (Phi) is 15.3. The van der Waals surface area contributed by atoms with Gasteiger partial charge in [0, 0.05) is 112 Å². The lowest BCUT2D eigenvalue weighted by Crippen LogP contribution is -2.41. The van der Waals surface area contributed by atoms with Gasteiger partial charge in [0.25, 0.3) is 17.7 Å². The van der Waals surface area contributed by atoms with E-state index in [1.807, 2.05) is 71.0 Å². The van der Waals surface area contributed by atoms with Crippen LogP contribution in [0.2, 0.25) is 0 Å². The van der Waals surface area contributed by atoms with Crippen LogP contribution in [0, 0.1) is 0 Å². The van der Waals surface area contributed by atoms with E-state index in [-0.39, 0.29) is 53.6 Å². The van der Waals surface area contributed by atoms with Gasteiger partial charge in [-0.15, -0.1) is 0 Å². The first-order valence-corrected chi connectivity index (χ1v) is 23.9. The molecular formula is C52H66N10O6. The highest BCUT2D eigenvalue weighted by atomic mass is 16.2. The molecule has 6 heterocycles. The summed E-state index contributed by atoms with van der Waals surface area (Å²) in [6.45, 7) is 11.0. The van der Waals surface area contributed by atoms with E-state index in [0.717, 1.165) is 58.4 Å². The van der Waals surface area contributed by atoms with Gasteiger partial charge in [-0.1, -0.05) is 38.8 Å². The first kappa shape index (κ1) is 48.8. The molecule has 6 aromatic rings. The first-order valence-electron chi connectivity index (χ1n) is 23.9. The van der Waals surface area contributed by atoms with Crippen molar-refractivity contribution in [3.05, 3.63) is 101 Å². The van der Waals surface area contributed by atoms with Gasteiger partial charge in [0.05, 0.1) is 18.1 Å². The van der Waals surface area contributed by atoms with Crippen LogP contribution in [0.5, 0.6) is 0 Å². The fourth-order valence-corrected chi connectivity index (χ4v) is 9.47. The van der Waals surface area contributed by atoms with Crippen molar-refractivity contribution in [2.45, 2.75) is 90.8 Å². The summed E-state index contributed by atoms with van der Waals surface area (Å²) in [5.74, 6) is -0.0722. The Labute approximate surface area is 397 Å². The summed E-state index contributed by atoms with van der Waals surface area (Å²) in [5.41, 5.74) is 13.9. The zero-order valence-electron chi connectivity index (χ0n) is 40.4. The summed E-state index contributed by atoms with van der Waals surface area (Å²) in [5, 5.41) is 14.4. The van der Waals surface area contributed by atoms with Crippen LogP contribution in [0.15, 0.2) is 72.8 Å². The van der Waals surface area contributed by atoms with Gasteiger partial charge >= 0.3 is 0 Å². The minimum absolute atomic E-state index is 0.0171. The number of amides is 6. The zero-order chi connectivity index (χ0) is 48.8. The Hall–Kier alpha value is -7.10. The molecule has 3 aromatic heterocycles. The maximum absolute atomic E-state index is 12.3. The van der Waals surface area contributed by atoms with Gasteiger partial charge in [-0.3, -0.25) is 28.8 Å². The van der Waals surface area contributed by atoms with Gasteiger partial charge in [-0.2, -0.15) is 0 Å². The molecule has 3 aromatic carbocycles. The molecule has 6 N–H and O–H groups in total. The van der Waals surface area contributed by atoms with Gasteiger partial charge in [-0.25, -0.2) is 0 Å². The van der Waals surface area contributed by atoms with Crippen LogP contribution in [-0.2, 0) is 27.2 Å². The van der Waals surface area contributed by atoms with Crippen molar-refractivity contribution >= 4 is 73.8 Å². The molecule has 0 saturated heterocycles. The molecule has 9 rings (SSSR count). The highest BCUT2D eigenvalue weighted by Crippen LogP contribution is 2.33. The summed E-state index contributed by atoms with van der Waals surface area (Å²) in [4.78, 5) is 76.2. The van der Waals surface area contributed by atoms with Crippen LogP contribution in [0.4, 0.5) is 5.69 Å². The zero-order valence-corrected chi connectivity index (χ0v) is 40.4. The molecule has 0 radical (unpaired) electrons. The predicted molar refractivity (Wildman–Crippen MR) is 267 cm³/mol. The lowest BCUT2D eigenvalue weighted by molar-refractivity contribution is -0.131. The Morgan fingerprint density at radius 1 is 0.574 bits per heavy atom. The van der Waals surface area contributed by atoms with Crippen LogP contribution >= 0.6 is 0 Å². The highest BCUT2D eigenvalue weighted by molar-refractivity contribution is 6.02. The summed E-state index contributed by atoms with van der Waals surface area (Å²) in [6, 6.07) is 23.9. The standard InChI is InChI=1S/C19H25N3O2.C17H21N3O2.C16H20N4O2/c1-4-6-13-7-8-16-14(9-13)10-17-19(24)20-12-15(22(16)17)11-18(23)21(3)5-2;1-3-4-11-5-6-14-12(7-11)8-15-17(22)19-10-13(20(14)15)9-16(21)18-2;1-3-19(2)15(21)8-12-9-18-16(22)14-7-10-6-11(17)4-5-13(10)20(12)14/h7-10,15H,4-6,11-12H2,1-3H3,(H,20,24);5-8,13H,3-4,9-10H2,1-2H3,(H,18,21)(H,19,22);4-7,12H,3,8-9,17H2,1-2H3,(H,18,22). The second kappa shape index (κ2) is 21.2. The molecule has 0 bridgehead atoms. The van der Waals surface area contributed by atoms with Crippen molar-refractivity contribution in [3.63, 3.8) is 0 Å². The van der Waals surface area contributed by atoms with Gasteiger partial charge < -0.3 is 50.5 Å². The van der Waals surface area contributed by atoms with Crippen LogP contribution in [0.1, 0.15) is 121 Å². The number of aromatic nitrogens is 3. The number of hydrogen-bond donors (Lipinski definition) is 5. The lowest BCUT2D eigenvalue weighted by Gasteiger charge is -2.28. The quantitative estimate of drug-likeness (QED) is 0.0909. The van der Waals surface area contributed by atoms with Crippen LogP contribution < -0.4 is 27.0 Å². The molecule has 3 aliphatic rings. The average Bonchev–Trinajstić information content (AvgIpc) is 4.04. The van der Waals surface area contributed by atoms with Gasteiger partial charge in [0.15, 0.2) is 0 Å². The number of nitrogen functional groups attached to an aromatic ring is 1. The molecule has 3 unspecified atom stereocenters. The number of anilines is 1. The highest BCUT2D eigenvalue weighted by Gasteiger charge is 2.32. The van der Waals surface area contributed by atoms with Crippen molar-refractivity contribution < 1.29 is 28.8 Å². The van der Waals surface area contributed by atoms with E-state index in [2.05, 4.69) is 71.5 Å². The number of carbonyl (C=O) groups is 6. The van der Waals surface area contributed by atoms with Crippen molar-refractivity contribution in [3.8, 4) is 0 Å². The van der Waals surface area contributed by atoms with E-state index in [1.54, 1.807) is 23.9 Å². The molecule has 3 aliphatic heterocycles. The summed E-state index contributed by atoms with van der Waals surface area (Å²) in [6.07, 6.45) is 5.39. The number of nitrogens with one attached hydrogen (secondary N) is 4. The Balaban J connectivity index is 0.000000151. The topological polar surface area (TPSA) is 198 Å². The third-order valence-electron chi connectivity index (χ3n) is 13.4. The molecule has 3 atom stereocenters. The third kappa shape index (κ3) is 10.2. The van der Waals surface area contributed by atoms with Gasteiger partial charge in [0.2, 0.25) is 17.7 Å².